The summed E-state index contributed by atoms with van der Waals surface area (Å²) < 4.78 is 18.8. The van der Waals surface area contributed by atoms with Crippen molar-refractivity contribution in [1.29, 1.82) is 0 Å². The van der Waals surface area contributed by atoms with Gasteiger partial charge in [0.05, 0.1) is 32.9 Å². The molecule has 0 unspecified atom stereocenters. The summed E-state index contributed by atoms with van der Waals surface area (Å²) in [6, 6.07) is 8.64. The van der Waals surface area contributed by atoms with Gasteiger partial charge in [0.1, 0.15) is 29.2 Å². The average Bonchev–Trinajstić information content (AvgIpc) is 3.19. The minimum atomic E-state index is -1.03. The molecule has 0 spiro atoms. The average molecular weight is 455 g/mol. The van der Waals surface area contributed by atoms with Crippen molar-refractivity contribution in [2.45, 2.75) is 44.9 Å². The van der Waals surface area contributed by atoms with Gasteiger partial charge < -0.3 is 24.4 Å². The molecule has 2 N–H and O–H groups in total. The van der Waals surface area contributed by atoms with Crippen LogP contribution in [-0.2, 0) is 11.3 Å². The molecule has 1 saturated carbocycles. The second kappa shape index (κ2) is 9.80. The maximum absolute atomic E-state index is 11.6. The SMILES string of the molecule is COc1cc([C@@H](O)[C@H](Cn2cc3cccc(C(=O)O)c3n2)OCC2CCC2)cc(OC)c1C. The highest BCUT2D eigenvalue weighted by Crippen LogP contribution is 2.35. The number of fused-ring (bicyclic) bond motifs is 1. The summed E-state index contributed by atoms with van der Waals surface area (Å²) in [5.74, 6) is 0.716. The molecule has 4 rings (SSSR count). The summed E-state index contributed by atoms with van der Waals surface area (Å²) in [6.07, 6.45) is 3.69. The lowest BCUT2D eigenvalue weighted by Crippen LogP contribution is -2.31. The van der Waals surface area contributed by atoms with Crippen LogP contribution in [0.5, 0.6) is 11.5 Å². The highest BCUT2D eigenvalue weighted by atomic mass is 16.5. The fraction of sp³-hybridized carbons (Fsp3) is 0.440. The minimum Gasteiger partial charge on any atom is -0.496 e. The van der Waals surface area contributed by atoms with Crippen molar-refractivity contribution in [3.05, 3.63) is 53.2 Å². The van der Waals surface area contributed by atoms with Gasteiger partial charge in [-0.1, -0.05) is 18.6 Å². The predicted octanol–water partition coefficient (Wildman–Crippen LogP) is 3.98. The van der Waals surface area contributed by atoms with E-state index >= 15 is 0 Å². The lowest BCUT2D eigenvalue weighted by molar-refractivity contribution is -0.0684. The number of carboxylic acids is 1. The molecule has 0 saturated heterocycles. The number of aromatic nitrogens is 2. The van der Waals surface area contributed by atoms with E-state index in [1.54, 1.807) is 43.3 Å². The Kier molecular flexibility index (Phi) is 6.85. The molecular weight excluding hydrogens is 424 g/mol. The number of carboxylic acid groups (broad SMARTS) is 1. The van der Waals surface area contributed by atoms with Crippen molar-refractivity contribution < 1.29 is 29.2 Å². The number of nitrogens with zero attached hydrogens (tertiary/aromatic N) is 2. The number of methoxy groups -OCH3 is 2. The molecule has 33 heavy (non-hydrogen) atoms. The number of aliphatic hydroxyl groups excluding tert-OH is 1. The molecule has 1 aliphatic rings. The first-order valence-corrected chi connectivity index (χ1v) is 11.1. The largest absolute Gasteiger partial charge is 0.496 e. The number of hydrogen-bond acceptors (Lipinski definition) is 6. The van der Waals surface area contributed by atoms with Gasteiger partial charge in [-0.05, 0) is 49.4 Å². The number of ether oxygens (including phenoxy) is 3. The molecule has 2 aromatic carbocycles. The minimum absolute atomic E-state index is 0.145. The van der Waals surface area contributed by atoms with Crippen LogP contribution in [0.1, 0.15) is 46.9 Å². The molecule has 1 heterocycles. The Morgan fingerprint density at radius 3 is 2.48 bits per heavy atom. The molecule has 2 atom stereocenters. The van der Waals surface area contributed by atoms with Gasteiger partial charge in [0, 0.05) is 17.1 Å². The summed E-state index contributed by atoms with van der Waals surface area (Å²) in [5.41, 5.74) is 2.03. The van der Waals surface area contributed by atoms with E-state index in [1.165, 1.54) is 12.5 Å². The Bertz CT molecular complexity index is 1110. The van der Waals surface area contributed by atoms with Gasteiger partial charge in [0.2, 0.25) is 0 Å². The Morgan fingerprint density at radius 1 is 1.21 bits per heavy atom. The second-order valence-corrected chi connectivity index (χ2v) is 8.56. The molecule has 0 bridgehead atoms. The smallest absolute Gasteiger partial charge is 0.337 e. The second-order valence-electron chi connectivity index (χ2n) is 8.56. The third-order valence-corrected chi connectivity index (χ3v) is 6.42. The highest BCUT2D eigenvalue weighted by molar-refractivity contribution is 6.01. The van der Waals surface area contributed by atoms with Crippen LogP contribution in [0.2, 0.25) is 0 Å². The summed E-state index contributed by atoms with van der Waals surface area (Å²) in [6.45, 7) is 2.72. The number of rotatable bonds is 10. The van der Waals surface area contributed by atoms with Gasteiger partial charge in [-0.15, -0.1) is 0 Å². The zero-order valence-corrected chi connectivity index (χ0v) is 19.2. The van der Waals surface area contributed by atoms with Crippen LogP contribution in [0.25, 0.3) is 10.9 Å². The van der Waals surface area contributed by atoms with E-state index in [2.05, 4.69) is 5.10 Å². The van der Waals surface area contributed by atoms with E-state index in [9.17, 15) is 15.0 Å². The Morgan fingerprint density at radius 2 is 1.91 bits per heavy atom. The third kappa shape index (κ3) is 4.82. The van der Waals surface area contributed by atoms with Crippen LogP contribution in [0.3, 0.4) is 0 Å². The van der Waals surface area contributed by atoms with Gasteiger partial charge >= 0.3 is 5.97 Å². The molecule has 3 aromatic rings. The lowest BCUT2D eigenvalue weighted by atomic mass is 9.86. The normalized spacial score (nSPS) is 15.8. The summed E-state index contributed by atoms with van der Waals surface area (Å²) in [7, 11) is 3.16. The van der Waals surface area contributed by atoms with E-state index in [4.69, 9.17) is 14.2 Å². The highest BCUT2D eigenvalue weighted by Gasteiger charge is 2.28. The first-order valence-electron chi connectivity index (χ1n) is 11.1. The van der Waals surface area contributed by atoms with Gasteiger partial charge in [0.25, 0.3) is 0 Å². The Labute approximate surface area is 192 Å². The van der Waals surface area contributed by atoms with Gasteiger partial charge in [-0.2, -0.15) is 5.10 Å². The Balaban J connectivity index is 1.64. The van der Waals surface area contributed by atoms with Gasteiger partial charge in [-0.25, -0.2) is 4.79 Å². The maximum Gasteiger partial charge on any atom is 0.337 e. The zero-order valence-electron chi connectivity index (χ0n) is 19.2. The molecule has 1 aliphatic carbocycles. The predicted molar refractivity (Wildman–Crippen MR) is 123 cm³/mol. The molecule has 8 nitrogen and oxygen atoms in total. The van der Waals surface area contributed by atoms with E-state index in [0.29, 0.717) is 35.1 Å². The fourth-order valence-electron chi connectivity index (χ4n) is 4.20. The quantitative estimate of drug-likeness (QED) is 0.478. The van der Waals surface area contributed by atoms with E-state index in [1.807, 2.05) is 13.0 Å². The van der Waals surface area contributed by atoms with Crippen molar-refractivity contribution in [2.24, 2.45) is 5.92 Å². The van der Waals surface area contributed by atoms with Crippen LogP contribution >= 0.6 is 0 Å². The third-order valence-electron chi connectivity index (χ3n) is 6.42. The molecule has 1 aromatic heterocycles. The van der Waals surface area contributed by atoms with Crippen molar-refractivity contribution in [1.82, 2.24) is 9.78 Å². The standard InChI is InChI=1S/C25H30N2O6/c1-15-20(31-2)10-18(11-21(15)32-3)24(28)22(33-14-16-6-4-7-16)13-27-12-17-8-5-9-19(25(29)30)23(17)26-27/h5,8-12,16,22,24,28H,4,6-7,13-14H2,1-3H3,(H,29,30)/t22-,24+/m0/s1. The number of benzene rings is 2. The number of hydrogen-bond donors (Lipinski definition) is 2. The summed E-state index contributed by atoms with van der Waals surface area (Å²) >= 11 is 0. The molecule has 1 fully saturated rings. The van der Waals surface area contributed by atoms with Crippen molar-refractivity contribution in [2.75, 3.05) is 20.8 Å². The lowest BCUT2D eigenvalue weighted by Gasteiger charge is -2.30. The van der Waals surface area contributed by atoms with E-state index < -0.39 is 18.2 Å². The first kappa shape index (κ1) is 23.1. The molecule has 0 radical (unpaired) electrons. The van der Waals surface area contributed by atoms with Gasteiger partial charge in [-0.3, -0.25) is 4.68 Å². The van der Waals surface area contributed by atoms with Crippen molar-refractivity contribution in [3.63, 3.8) is 0 Å². The molecule has 0 aliphatic heterocycles. The molecule has 176 valence electrons. The summed E-state index contributed by atoms with van der Waals surface area (Å²) in [4.78, 5) is 11.6. The maximum atomic E-state index is 11.6. The number of aliphatic hydroxyl groups is 1. The fourth-order valence-corrected chi connectivity index (χ4v) is 4.20. The van der Waals surface area contributed by atoms with Crippen molar-refractivity contribution >= 4 is 16.9 Å². The van der Waals surface area contributed by atoms with Crippen LogP contribution in [0.15, 0.2) is 36.5 Å². The Hall–Kier alpha value is -3.10. The molecule has 0 amide bonds. The van der Waals surface area contributed by atoms with Crippen LogP contribution in [0.4, 0.5) is 0 Å². The summed E-state index contributed by atoms with van der Waals surface area (Å²) in [5, 5.41) is 26.0. The number of aromatic carboxylic acids is 1. The molecular formula is C25H30N2O6. The zero-order chi connectivity index (χ0) is 23.5. The number of carbonyl (C=O) groups is 1. The van der Waals surface area contributed by atoms with Crippen LogP contribution in [0, 0.1) is 12.8 Å². The topological polar surface area (TPSA) is 103 Å². The van der Waals surface area contributed by atoms with E-state index in [-0.39, 0.29) is 12.1 Å². The van der Waals surface area contributed by atoms with Crippen LogP contribution < -0.4 is 9.47 Å². The first-order chi connectivity index (χ1) is 15.9. The van der Waals surface area contributed by atoms with Crippen molar-refractivity contribution in [3.8, 4) is 11.5 Å². The van der Waals surface area contributed by atoms with Crippen LogP contribution in [-0.4, -0.2) is 52.9 Å². The van der Waals surface area contributed by atoms with Gasteiger partial charge in [0.15, 0.2) is 0 Å². The van der Waals surface area contributed by atoms with E-state index in [0.717, 1.165) is 23.8 Å². The molecule has 8 heteroatoms. The monoisotopic (exact) mass is 454 g/mol.